The molecule has 8 nitrogen and oxygen atoms in total. The Morgan fingerprint density at radius 2 is 1.87 bits per heavy atom. The normalized spacial score (nSPS) is 19.3. The van der Waals surface area contributed by atoms with Crippen LogP contribution in [0.2, 0.25) is 5.02 Å². The van der Waals surface area contributed by atoms with Crippen molar-refractivity contribution in [3.63, 3.8) is 0 Å². The first kappa shape index (κ1) is 27.5. The van der Waals surface area contributed by atoms with Crippen LogP contribution in [-0.2, 0) is 25.7 Å². The van der Waals surface area contributed by atoms with E-state index >= 15 is 0 Å². The number of allylic oxidation sites excluding steroid dienone is 1. The van der Waals surface area contributed by atoms with E-state index in [0.717, 1.165) is 49.7 Å². The number of amidine groups is 1. The van der Waals surface area contributed by atoms with Crippen LogP contribution in [0.3, 0.4) is 0 Å². The number of nitrogens with one attached hydrogen (secondary N) is 1. The maximum atomic E-state index is 13.5. The van der Waals surface area contributed by atoms with Gasteiger partial charge in [0.25, 0.3) is 0 Å². The van der Waals surface area contributed by atoms with Gasteiger partial charge in [-0.15, -0.1) is 0 Å². The highest BCUT2D eigenvalue weighted by Gasteiger charge is 2.41. The predicted molar refractivity (Wildman–Crippen MR) is 153 cm³/mol. The zero-order valence-corrected chi connectivity index (χ0v) is 23.3. The summed E-state index contributed by atoms with van der Waals surface area (Å²) in [6.07, 6.45) is 0.154. The molecule has 10 heteroatoms. The summed E-state index contributed by atoms with van der Waals surface area (Å²) in [5.74, 6) is -0.552. The van der Waals surface area contributed by atoms with Gasteiger partial charge < -0.3 is 19.7 Å². The van der Waals surface area contributed by atoms with Crippen molar-refractivity contribution < 1.29 is 19.1 Å². The summed E-state index contributed by atoms with van der Waals surface area (Å²) in [5.41, 5.74) is 3.38. The molecule has 0 aromatic heterocycles. The number of nitrogens with zero attached hydrogens (tertiary/aromatic N) is 3. The smallest absolute Gasteiger partial charge is 0.338 e. The Labute approximate surface area is 237 Å². The minimum absolute atomic E-state index is 0.0891. The zero-order chi connectivity index (χ0) is 27.2. The monoisotopic (exact) mass is 566 g/mol. The van der Waals surface area contributed by atoms with Crippen LogP contribution in [0.15, 0.2) is 82.0 Å². The Balaban J connectivity index is 1.34. The largest absolute Gasteiger partial charge is 0.457 e. The molecule has 204 valence electrons. The number of hydrogen-bond acceptors (Lipinski definition) is 8. The molecule has 0 aliphatic carbocycles. The van der Waals surface area contributed by atoms with Gasteiger partial charge in [0.05, 0.1) is 36.9 Å². The highest BCUT2D eigenvalue weighted by Crippen LogP contribution is 2.46. The maximum Gasteiger partial charge on any atom is 0.338 e. The fourth-order valence-corrected chi connectivity index (χ4v) is 6.03. The van der Waals surface area contributed by atoms with Crippen LogP contribution in [0.5, 0.6) is 0 Å². The highest BCUT2D eigenvalue weighted by atomic mass is 35.5. The number of ether oxygens (including phenoxy) is 2. The van der Waals surface area contributed by atoms with Gasteiger partial charge in [0.1, 0.15) is 6.61 Å². The molecule has 2 aromatic rings. The van der Waals surface area contributed by atoms with E-state index in [2.05, 4.69) is 10.2 Å². The van der Waals surface area contributed by atoms with Crippen LogP contribution in [-0.4, -0.2) is 66.2 Å². The average molecular weight is 567 g/mol. The Kier molecular flexibility index (Phi) is 9.03. The summed E-state index contributed by atoms with van der Waals surface area (Å²) in [7, 11) is 0. The lowest BCUT2D eigenvalue weighted by molar-refractivity contribution is -0.141. The maximum absolute atomic E-state index is 13.5. The van der Waals surface area contributed by atoms with Gasteiger partial charge in [-0.25, -0.2) is 9.79 Å². The van der Waals surface area contributed by atoms with Crippen molar-refractivity contribution in [1.82, 2.24) is 15.1 Å². The summed E-state index contributed by atoms with van der Waals surface area (Å²) in [6, 6.07) is 16.4. The number of hydrogen-bond donors (Lipinski definition) is 1. The predicted octanol–water partition coefficient (Wildman–Crippen LogP) is 4.50. The number of fused-ring (bicyclic) bond motifs is 1. The molecule has 3 aliphatic heterocycles. The van der Waals surface area contributed by atoms with Gasteiger partial charge in [-0.3, -0.25) is 9.69 Å². The third-order valence-corrected chi connectivity index (χ3v) is 8.06. The van der Waals surface area contributed by atoms with Crippen LogP contribution in [0.25, 0.3) is 0 Å². The summed E-state index contributed by atoms with van der Waals surface area (Å²) in [5, 5.41) is 6.18. The number of carbonyl (C=O) groups excluding carboxylic acids is 2. The van der Waals surface area contributed by atoms with E-state index in [1.54, 1.807) is 6.07 Å². The fraction of sp³-hybridized carbons (Fsp3) is 0.345. The summed E-state index contributed by atoms with van der Waals surface area (Å²) in [6.45, 7) is 6.49. The molecule has 0 saturated carbocycles. The lowest BCUT2D eigenvalue weighted by Gasteiger charge is -2.36. The van der Waals surface area contributed by atoms with Gasteiger partial charge in [0.2, 0.25) is 5.91 Å². The second-order valence-corrected chi connectivity index (χ2v) is 10.7. The van der Waals surface area contributed by atoms with Crippen LogP contribution in [0.4, 0.5) is 0 Å². The van der Waals surface area contributed by atoms with E-state index in [9.17, 15) is 9.59 Å². The minimum atomic E-state index is -0.572. The zero-order valence-electron chi connectivity index (χ0n) is 21.8. The number of thioether (sulfide) groups is 1. The Morgan fingerprint density at radius 3 is 2.64 bits per heavy atom. The number of morpholine rings is 1. The molecule has 1 amide bonds. The van der Waals surface area contributed by atoms with Crippen molar-refractivity contribution in [3.05, 3.63) is 93.1 Å². The van der Waals surface area contributed by atoms with E-state index in [4.69, 9.17) is 26.1 Å². The molecule has 5 rings (SSSR count). The lowest BCUT2D eigenvalue weighted by atomic mass is 9.93. The number of amides is 1. The number of carbonyl (C=O) groups is 2. The van der Waals surface area contributed by atoms with Crippen LogP contribution >= 0.6 is 23.4 Å². The first-order valence-corrected chi connectivity index (χ1v) is 14.2. The van der Waals surface area contributed by atoms with E-state index in [0.29, 0.717) is 28.0 Å². The molecule has 2 aromatic carbocycles. The molecular weight excluding hydrogens is 536 g/mol. The second kappa shape index (κ2) is 12.8. The van der Waals surface area contributed by atoms with Gasteiger partial charge in [-0.1, -0.05) is 71.9 Å². The highest BCUT2D eigenvalue weighted by molar-refractivity contribution is 8.16. The van der Waals surface area contributed by atoms with E-state index in [1.165, 1.54) is 11.8 Å². The molecule has 1 fully saturated rings. The summed E-state index contributed by atoms with van der Waals surface area (Å²) < 4.78 is 11.1. The first-order valence-electron chi connectivity index (χ1n) is 13.0. The van der Waals surface area contributed by atoms with Crippen molar-refractivity contribution >= 4 is 40.4 Å². The molecule has 1 atom stereocenters. The molecule has 3 aliphatic rings. The molecule has 0 spiro atoms. The third kappa shape index (κ3) is 6.55. The third-order valence-electron chi connectivity index (χ3n) is 6.83. The van der Waals surface area contributed by atoms with Gasteiger partial charge >= 0.3 is 5.97 Å². The second-order valence-electron chi connectivity index (χ2n) is 9.46. The molecule has 3 heterocycles. The van der Waals surface area contributed by atoms with Crippen molar-refractivity contribution in [2.45, 2.75) is 26.0 Å². The van der Waals surface area contributed by atoms with E-state index < -0.39 is 12.0 Å². The van der Waals surface area contributed by atoms with Crippen LogP contribution in [0.1, 0.15) is 30.5 Å². The first-order chi connectivity index (χ1) is 19.0. The van der Waals surface area contributed by atoms with Gasteiger partial charge in [-0.2, -0.15) is 0 Å². The van der Waals surface area contributed by atoms with Crippen molar-refractivity contribution in [1.29, 1.82) is 0 Å². The Morgan fingerprint density at radius 1 is 1.13 bits per heavy atom. The number of halogens is 1. The quantitative estimate of drug-likeness (QED) is 0.448. The number of rotatable bonds is 9. The molecule has 0 bridgehead atoms. The van der Waals surface area contributed by atoms with E-state index in [1.807, 2.05) is 65.8 Å². The standard InChI is InChI=1S/C29H31ClN4O4S/c1-20-26(28(36)38-18-21-7-3-2-4-8-21)27(23-9-5-6-10-24(23)30)34-22(19-39-29(34)32-20)17-25(35)31-11-12-33-13-15-37-16-14-33/h2-10,19,27H,11-18H2,1H3,(H,31,35)/t27-/m1/s1. The SMILES string of the molecule is CC1=C(C(=O)OCc2ccccc2)[C@@H](c2ccccc2Cl)N2C(CC(=O)NCCN3CCOCC3)=CSC2=N1. The summed E-state index contributed by atoms with van der Waals surface area (Å²) in [4.78, 5) is 35.5. The van der Waals surface area contributed by atoms with Gasteiger partial charge in [0.15, 0.2) is 5.17 Å². The molecular formula is C29H31ClN4O4S. The molecule has 1 N–H and O–H groups in total. The number of aliphatic imine (C=N–C) groups is 1. The summed E-state index contributed by atoms with van der Waals surface area (Å²) >= 11 is 8.11. The van der Waals surface area contributed by atoms with Crippen molar-refractivity contribution in [2.75, 3.05) is 39.4 Å². The molecule has 0 radical (unpaired) electrons. The Bertz CT molecular complexity index is 1310. The van der Waals surface area contributed by atoms with Crippen LogP contribution in [0, 0.1) is 0 Å². The molecule has 1 saturated heterocycles. The van der Waals surface area contributed by atoms with Crippen LogP contribution < -0.4 is 5.32 Å². The van der Waals surface area contributed by atoms with E-state index in [-0.39, 0.29) is 18.9 Å². The lowest BCUT2D eigenvalue weighted by Crippen LogP contribution is -2.42. The van der Waals surface area contributed by atoms with Gasteiger partial charge in [0, 0.05) is 36.9 Å². The molecule has 39 heavy (non-hydrogen) atoms. The van der Waals surface area contributed by atoms with Gasteiger partial charge in [-0.05, 0) is 29.5 Å². The number of esters is 1. The average Bonchev–Trinajstić information content (AvgIpc) is 3.34. The minimum Gasteiger partial charge on any atom is -0.457 e. The molecule has 0 unspecified atom stereocenters. The fourth-order valence-electron chi connectivity index (χ4n) is 4.83. The van der Waals surface area contributed by atoms with Crippen molar-refractivity contribution in [3.8, 4) is 0 Å². The topological polar surface area (TPSA) is 83.5 Å². The number of benzene rings is 2. The van der Waals surface area contributed by atoms with Crippen molar-refractivity contribution in [2.24, 2.45) is 4.99 Å². The Hall–Kier alpha value is -3.11.